The van der Waals surface area contributed by atoms with E-state index in [4.69, 9.17) is 23.7 Å². The fourth-order valence-corrected chi connectivity index (χ4v) is 8.00. The summed E-state index contributed by atoms with van der Waals surface area (Å²) in [7, 11) is -0.519. The van der Waals surface area contributed by atoms with E-state index in [1.807, 2.05) is 91.0 Å². The van der Waals surface area contributed by atoms with Crippen LogP contribution in [-0.2, 0) is 33.3 Å². The molecule has 0 unspecified atom stereocenters. The molecule has 0 bridgehead atoms. The first-order valence-electron chi connectivity index (χ1n) is 12.7. The van der Waals surface area contributed by atoms with Crippen molar-refractivity contribution < 1.29 is 33.3 Å². The summed E-state index contributed by atoms with van der Waals surface area (Å²) in [5.41, 5.74) is -0.607. The molecular weight excluding hydrogens is 529 g/mol. The highest BCUT2D eigenvalue weighted by atomic mass is 31.2. The predicted molar refractivity (Wildman–Crippen MR) is 153 cm³/mol. The summed E-state index contributed by atoms with van der Waals surface area (Å²) in [6, 6.07) is 29.2. The van der Waals surface area contributed by atoms with Crippen LogP contribution in [0.2, 0.25) is 0 Å². The molecule has 3 aromatic rings. The predicted octanol–water partition coefficient (Wildman–Crippen LogP) is 4.00. The van der Waals surface area contributed by atoms with Crippen LogP contribution in [0.1, 0.15) is 13.3 Å². The van der Waals surface area contributed by atoms with Crippen molar-refractivity contribution in [2.75, 3.05) is 27.4 Å². The van der Waals surface area contributed by atoms with E-state index >= 15 is 0 Å². The summed E-state index contributed by atoms with van der Waals surface area (Å²) in [6.07, 6.45) is -0.00616. The van der Waals surface area contributed by atoms with Crippen molar-refractivity contribution in [1.82, 2.24) is 0 Å². The topological polar surface area (TPSA) is 100 Å². The van der Waals surface area contributed by atoms with Crippen LogP contribution in [0, 0.1) is 0 Å². The first-order valence-corrected chi connectivity index (χ1v) is 14.5. The summed E-state index contributed by atoms with van der Waals surface area (Å²) in [5.74, 6) is -2.65. The standard InChI is InChI=1S/C31H30NO7P/c1-4-38-31(35)26-25(29(33)36-2)20-21-39-28(27(26)30(34)37-3)32-40(22-14-8-5-9-15-22,23-16-10-6-11-17-23)24-18-12-7-13-19-24/h5-19H,4,20-21H2,1-3H3. The number of ether oxygens (including phenoxy) is 4. The van der Waals surface area contributed by atoms with Crippen LogP contribution in [0.25, 0.3) is 0 Å². The third kappa shape index (κ3) is 5.63. The molecule has 0 spiro atoms. The zero-order valence-electron chi connectivity index (χ0n) is 22.5. The van der Waals surface area contributed by atoms with E-state index in [1.165, 1.54) is 14.2 Å². The normalized spacial score (nSPS) is 13.6. The number of benzene rings is 3. The molecule has 0 amide bonds. The quantitative estimate of drug-likeness (QED) is 0.234. The smallest absolute Gasteiger partial charge is 0.344 e. The number of esters is 3. The lowest BCUT2D eigenvalue weighted by molar-refractivity contribution is -0.142. The van der Waals surface area contributed by atoms with Crippen molar-refractivity contribution in [1.29, 1.82) is 0 Å². The van der Waals surface area contributed by atoms with Crippen molar-refractivity contribution in [2.45, 2.75) is 13.3 Å². The van der Waals surface area contributed by atoms with Crippen molar-refractivity contribution in [3.8, 4) is 0 Å². The summed E-state index contributed by atoms with van der Waals surface area (Å²) >= 11 is 0. The number of carbonyl (C=O) groups is 3. The fraction of sp³-hybridized carbons (Fsp3) is 0.194. The van der Waals surface area contributed by atoms with Crippen molar-refractivity contribution in [3.63, 3.8) is 0 Å². The maximum absolute atomic E-state index is 13.4. The van der Waals surface area contributed by atoms with Gasteiger partial charge in [-0.3, -0.25) is 0 Å². The van der Waals surface area contributed by atoms with Crippen molar-refractivity contribution >= 4 is 40.9 Å². The second-order valence-corrected chi connectivity index (χ2v) is 11.6. The Labute approximate surface area is 233 Å². The Bertz CT molecular complexity index is 1390. The minimum absolute atomic E-state index is 0.00616. The first kappa shape index (κ1) is 28.6. The summed E-state index contributed by atoms with van der Waals surface area (Å²) in [4.78, 5) is 39.5. The Kier molecular flexibility index (Phi) is 9.35. The van der Waals surface area contributed by atoms with E-state index in [0.717, 1.165) is 15.9 Å². The van der Waals surface area contributed by atoms with Gasteiger partial charge in [-0.1, -0.05) is 91.0 Å². The van der Waals surface area contributed by atoms with Gasteiger partial charge in [-0.15, -0.1) is 0 Å². The molecule has 206 valence electrons. The van der Waals surface area contributed by atoms with Gasteiger partial charge in [-0.2, -0.15) is 0 Å². The average molecular weight is 560 g/mol. The summed E-state index contributed by atoms with van der Waals surface area (Å²) < 4.78 is 26.7. The molecule has 1 aliphatic heterocycles. The van der Waals surface area contributed by atoms with Crippen LogP contribution >= 0.6 is 7.05 Å². The molecule has 1 aliphatic rings. The summed E-state index contributed by atoms with van der Waals surface area (Å²) in [5, 5.41) is 2.69. The summed E-state index contributed by atoms with van der Waals surface area (Å²) in [6.45, 7) is 1.62. The van der Waals surface area contributed by atoms with Crippen molar-refractivity contribution in [2.24, 2.45) is 4.74 Å². The average Bonchev–Trinajstić information content (AvgIpc) is 3.20. The van der Waals surface area contributed by atoms with E-state index in [1.54, 1.807) is 6.92 Å². The van der Waals surface area contributed by atoms with Gasteiger partial charge >= 0.3 is 17.9 Å². The Hall–Kier alpha value is -4.42. The number of hydrogen-bond donors (Lipinski definition) is 0. The Morgan fingerprint density at radius 1 is 0.725 bits per heavy atom. The molecule has 0 aliphatic carbocycles. The molecule has 0 N–H and O–H groups in total. The lowest BCUT2D eigenvalue weighted by Crippen LogP contribution is -2.26. The minimum Gasteiger partial charge on any atom is -0.477 e. The number of nitrogens with zero attached hydrogens (tertiary/aromatic N) is 1. The van der Waals surface area contributed by atoms with Gasteiger partial charge in [0.2, 0.25) is 5.88 Å². The lowest BCUT2D eigenvalue weighted by Gasteiger charge is -2.27. The number of hydrogen-bond acceptors (Lipinski definition) is 8. The number of rotatable bonds is 8. The molecule has 1 heterocycles. The van der Waals surface area contributed by atoms with E-state index in [9.17, 15) is 14.4 Å². The molecule has 40 heavy (non-hydrogen) atoms. The van der Waals surface area contributed by atoms with Crippen LogP contribution in [0.15, 0.2) is 118 Å². The molecular formula is C31H30NO7P. The second-order valence-electron chi connectivity index (χ2n) is 8.58. The van der Waals surface area contributed by atoms with E-state index in [2.05, 4.69) is 0 Å². The maximum atomic E-state index is 13.4. The van der Waals surface area contributed by atoms with Gasteiger partial charge in [0.1, 0.15) is 5.57 Å². The van der Waals surface area contributed by atoms with Gasteiger partial charge in [0.05, 0.1) is 45.6 Å². The molecule has 0 saturated heterocycles. The maximum Gasteiger partial charge on any atom is 0.344 e. The molecule has 4 rings (SSSR count). The van der Waals surface area contributed by atoms with Crippen LogP contribution in [-0.4, -0.2) is 45.3 Å². The minimum atomic E-state index is -2.91. The van der Waals surface area contributed by atoms with E-state index in [-0.39, 0.29) is 42.2 Å². The lowest BCUT2D eigenvalue weighted by atomic mass is 9.98. The SMILES string of the molecule is CCOC(=O)C1=C(C(=O)OC)CCOC(N=P(c2ccccc2)(c2ccccc2)c2ccccc2)=C1C(=O)OC. The number of methoxy groups -OCH3 is 2. The molecule has 0 fully saturated rings. The molecule has 3 aromatic carbocycles. The zero-order valence-corrected chi connectivity index (χ0v) is 23.4. The van der Waals surface area contributed by atoms with Crippen molar-refractivity contribution in [3.05, 3.63) is 114 Å². The molecule has 0 aromatic heterocycles. The highest BCUT2D eigenvalue weighted by molar-refractivity contribution is 7.87. The molecule has 0 radical (unpaired) electrons. The zero-order chi connectivity index (χ0) is 28.5. The van der Waals surface area contributed by atoms with Crippen LogP contribution < -0.4 is 15.9 Å². The Morgan fingerprint density at radius 3 is 1.62 bits per heavy atom. The third-order valence-electron chi connectivity index (χ3n) is 6.29. The van der Waals surface area contributed by atoms with Gasteiger partial charge in [-0.05, 0) is 6.92 Å². The molecule has 0 saturated carbocycles. The number of carbonyl (C=O) groups excluding carboxylic acids is 3. The van der Waals surface area contributed by atoms with Gasteiger partial charge < -0.3 is 18.9 Å². The monoisotopic (exact) mass is 559 g/mol. The van der Waals surface area contributed by atoms with Gasteiger partial charge in [0.25, 0.3) is 0 Å². The van der Waals surface area contributed by atoms with Gasteiger partial charge in [0.15, 0.2) is 0 Å². The highest BCUT2D eigenvalue weighted by Crippen LogP contribution is 2.49. The van der Waals surface area contributed by atoms with Gasteiger partial charge in [-0.25, -0.2) is 19.1 Å². The largest absolute Gasteiger partial charge is 0.477 e. The van der Waals surface area contributed by atoms with Gasteiger partial charge in [0, 0.05) is 22.3 Å². The fourth-order valence-electron chi connectivity index (χ4n) is 4.52. The molecule has 8 nitrogen and oxygen atoms in total. The Morgan fingerprint density at radius 2 is 1.20 bits per heavy atom. The molecule has 0 atom stereocenters. The molecule has 9 heteroatoms. The van der Waals surface area contributed by atoms with E-state index in [0.29, 0.717) is 0 Å². The second kappa shape index (κ2) is 13.1. The van der Waals surface area contributed by atoms with Crippen LogP contribution in [0.3, 0.4) is 0 Å². The first-order chi connectivity index (χ1) is 19.5. The third-order valence-corrected chi connectivity index (χ3v) is 9.91. The van der Waals surface area contributed by atoms with Crippen LogP contribution in [0.5, 0.6) is 0 Å². The Balaban J connectivity index is 2.22. The highest BCUT2D eigenvalue weighted by Gasteiger charge is 2.37. The van der Waals surface area contributed by atoms with Crippen LogP contribution in [0.4, 0.5) is 0 Å². The van der Waals surface area contributed by atoms with E-state index < -0.39 is 25.0 Å².